The summed E-state index contributed by atoms with van der Waals surface area (Å²) in [4.78, 5) is 14.0. The van der Waals surface area contributed by atoms with Crippen molar-refractivity contribution in [2.75, 3.05) is 19.6 Å². The SMILES string of the molecule is CCN(CC)CCCC(C)NC(=O)C1CC1N. The van der Waals surface area contributed by atoms with Gasteiger partial charge in [0.2, 0.25) is 5.91 Å². The molecule has 1 aliphatic carbocycles. The lowest BCUT2D eigenvalue weighted by Crippen LogP contribution is -2.35. The number of carbonyl (C=O) groups is 1. The van der Waals surface area contributed by atoms with Gasteiger partial charge in [0, 0.05) is 12.1 Å². The van der Waals surface area contributed by atoms with Gasteiger partial charge in [-0.1, -0.05) is 13.8 Å². The van der Waals surface area contributed by atoms with Gasteiger partial charge < -0.3 is 16.0 Å². The van der Waals surface area contributed by atoms with E-state index < -0.39 is 0 Å². The van der Waals surface area contributed by atoms with Crippen LogP contribution in [0.5, 0.6) is 0 Å². The molecule has 1 aliphatic rings. The molecule has 100 valence electrons. The largest absolute Gasteiger partial charge is 0.353 e. The predicted molar refractivity (Wildman–Crippen MR) is 70.7 cm³/mol. The third kappa shape index (κ3) is 5.04. The van der Waals surface area contributed by atoms with E-state index in [-0.39, 0.29) is 23.9 Å². The fourth-order valence-corrected chi connectivity index (χ4v) is 2.10. The molecule has 17 heavy (non-hydrogen) atoms. The van der Waals surface area contributed by atoms with Crippen molar-refractivity contribution in [3.63, 3.8) is 0 Å². The van der Waals surface area contributed by atoms with Crippen LogP contribution in [0.15, 0.2) is 0 Å². The first-order chi connectivity index (χ1) is 8.08. The molecule has 0 aromatic carbocycles. The Labute approximate surface area is 105 Å². The highest BCUT2D eigenvalue weighted by atomic mass is 16.2. The van der Waals surface area contributed by atoms with Crippen molar-refractivity contribution in [3.05, 3.63) is 0 Å². The summed E-state index contributed by atoms with van der Waals surface area (Å²) < 4.78 is 0. The second kappa shape index (κ2) is 6.97. The monoisotopic (exact) mass is 241 g/mol. The number of hydrogen-bond acceptors (Lipinski definition) is 3. The van der Waals surface area contributed by atoms with Crippen molar-refractivity contribution in [2.45, 2.75) is 52.1 Å². The van der Waals surface area contributed by atoms with Crippen molar-refractivity contribution in [1.29, 1.82) is 0 Å². The molecular weight excluding hydrogens is 214 g/mol. The van der Waals surface area contributed by atoms with E-state index in [1.54, 1.807) is 0 Å². The van der Waals surface area contributed by atoms with Crippen LogP contribution >= 0.6 is 0 Å². The van der Waals surface area contributed by atoms with Gasteiger partial charge >= 0.3 is 0 Å². The van der Waals surface area contributed by atoms with Crippen LogP contribution in [0.1, 0.15) is 40.0 Å². The fraction of sp³-hybridized carbons (Fsp3) is 0.923. The molecular formula is C13H27N3O. The lowest BCUT2D eigenvalue weighted by Gasteiger charge is -2.19. The van der Waals surface area contributed by atoms with Crippen molar-refractivity contribution in [2.24, 2.45) is 11.7 Å². The smallest absolute Gasteiger partial charge is 0.224 e. The number of nitrogens with two attached hydrogens (primary N) is 1. The molecule has 3 N–H and O–H groups in total. The Kier molecular flexibility index (Phi) is 5.92. The highest BCUT2D eigenvalue weighted by molar-refractivity contribution is 5.82. The fourth-order valence-electron chi connectivity index (χ4n) is 2.10. The molecule has 0 aromatic rings. The molecule has 1 rings (SSSR count). The van der Waals surface area contributed by atoms with Crippen LogP contribution in [-0.2, 0) is 4.79 Å². The van der Waals surface area contributed by atoms with Crippen molar-refractivity contribution >= 4 is 5.91 Å². The summed E-state index contributed by atoms with van der Waals surface area (Å²) in [6, 6.07) is 0.378. The van der Waals surface area contributed by atoms with Crippen molar-refractivity contribution < 1.29 is 4.79 Å². The summed E-state index contributed by atoms with van der Waals surface area (Å²) >= 11 is 0. The summed E-state index contributed by atoms with van der Waals surface area (Å²) in [6.45, 7) is 9.78. The lowest BCUT2D eigenvalue weighted by molar-refractivity contribution is -0.123. The van der Waals surface area contributed by atoms with Gasteiger partial charge in [0.05, 0.1) is 5.92 Å². The van der Waals surface area contributed by atoms with E-state index in [1.165, 1.54) is 0 Å². The average molecular weight is 241 g/mol. The Hall–Kier alpha value is -0.610. The Morgan fingerprint density at radius 2 is 2.06 bits per heavy atom. The number of hydrogen-bond donors (Lipinski definition) is 2. The molecule has 0 aliphatic heterocycles. The van der Waals surface area contributed by atoms with Gasteiger partial charge in [-0.25, -0.2) is 0 Å². The Morgan fingerprint density at radius 3 is 2.53 bits per heavy atom. The lowest BCUT2D eigenvalue weighted by atomic mass is 10.1. The average Bonchev–Trinajstić information content (AvgIpc) is 3.02. The summed E-state index contributed by atoms with van der Waals surface area (Å²) in [7, 11) is 0. The first-order valence-electron chi connectivity index (χ1n) is 6.86. The van der Waals surface area contributed by atoms with Crippen LogP contribution in [0.3, 0.4) is 0 Å². The minimum atomic E-state index is 0.0835. The normalized spacial score (nSPS) is 24.8. The third-order valence-corrected chi connectivity index (χ3v) is 3.57. The number of rotatable bonds is 8. The highest BCUT2D eigenvalue weighted by Crippen LogP contribution is 2.27. The molecule has 0 bridgehead atoms. The standard InChI is InChI=1S/C13H27N3O/c1-4-16(5-2)8-6-7-10(3)15-13(17)11-9-12(11)14/h10-12H,4-9,14H2,1-3H3,(H,15,17). The van der Waals surface area contributed by atoms with E-state index in [9.17, 15) is 4.79 Å². The van der Waals surface area contributed by atoms with Gasteiger partial charge in [-0.05, 0) is 45.8 Å². The van der Waals surface area contributed by atoms with Gasteiger partial charge in [-0.15, -0.1) is 0 Å². The maximum absolute atomic E-state index is 11.6. The Morgan fingerprint density at radius 1 is 1.47 bits per heavy atom. The van der Waals surface area contributed by atoms with E-state index in [0.29, 0.717) is 0 Å². The highest BCUT2D eigenvalue weighted by Gasteiger charge is 2.40. The Balaban J connectivity index is 2.08. The Bertz CT molecular complexity index is 241. The van der Waals surface area contributed by atoms with Crippen LogP contribution < -0.4 is 11.1 Å². The third-order valence-electron chi connectivity index (χ3n) is 3.57. The van der Waals surface area contributed by atoms with Crippen LogP contribution in [0.2, 0.25) is 0 Å². The van der Waals surface area contributed by atoms with Gasteiger partial charge in [-0.3, -0.25) is 4.79 Å². The van der Waals surface area contributed by atoms with Crippen LogP contribution in [-0.4, -0.2) is 42.5 Å². The van der Waals surface area contributed by atoms with Gasteiger partial charge in [0.1, 0.15) is 0 Å². The number of carbonyl (C=O) groups excluding carboxylic acids is 1. The van der Waals surface area contributed by atoms with E-state index in [1.807, 2.05) is 0 Å². The molecule has 0 saturated heterocycles. The number of nitrogens with zero attached hydrogens (tertiary/aromatic N) is 1. The van der Waals surface area contributed by atoms with Gasteiger partial charge in [-0.2, -0.15) is 0 Å². The molecule has 0 spiro atoms. The zero-order valence-electron chi connectivity index (χ0n) is 11.4. The summed E-state index contributed by atoms with van der Waals surface area (Å²) in [6.07, 6.45) is 3.04. The molecule has 3 unspecified atom stereocenters. The van der Waals surface area contributed by atoms with E-state index in [4.69, 9.17) is 5.73 Å². The second-order valence-electron chi connectivity index (χ2n) is 5.08. The topological polar surface area (TPSA) is 58.4 Å². The molecule has 0 radical (unpaired) electrons. The van der Waals surface area contributed by atoms with Gasteiger partial charge in [0.15, 0.2) is 0 Å². The molecule has 1 fully saturated rings. The predicted octanol–water partition coefficient (Wildman–Crippen LogP) is 0.960. The molecule has 1 amide bonds. The molecule has 0 aromatic heterocycles. The van der Waals surface area contributed by atoms with E-state index in [0.717, 1.165) is 38.9 Å². The van der Waals surface area contributed by atoms with Crippen LogP contribution in [0.4, 0.5) is 0 Å². The summed E-state index contributed by atoms with van der Waals surface area (Å²) in [5.41, 5.74) is 5.65. The van der Waals surface area contributed by atoms with E-state index >= 15 is 0 Å². The number of nitrogens with one attached hydrogen (secondary N) is 1. The second-order valence-corrected chi connectivity index (χ2v) is 5.08. The quantitative estimate of drug-likeness (QED) is 0.665. The zero-order chi connectivity index (χ0) is 12.8. The first-order valence-corrected chi connectivity index (χ1v) is 6.86. The van der Waals surface area contributed by atoms with Gasteiger partial charge in [0.25, 0.3) is 0 Å². The molecule has 1 saturated carbocycles. The molecule has 4 nitrogen and oxygen atoms in total. The minimum Gasteiger partial charge on any atom is -0.353 e. The first kappa shape index (κ1) is 14.5. The maximum Gasteiger partial charge on any atom is 0.224 e. The summed E-state index contributed by atoms with van der Waals surface area (Å²) in [5.74, 6) is 0.230. The minimum absolute atomic E-state index is 0.0835. The maximum atomic E-state index is 11.6. The molecule has 3 atom stereocenters. The van der Waals surface area contributed by atoms with Crippen molar-refractivity contribution in [1.82, 2.24) is 10.2 Å². The van der Waals surface area contributed by atoms with Crippen molar-refractivity contribution in [3.8, 4) is 0 Å². The van der Waals surface area contributed by atoms with Crippen LogP contribution in [0, 0.1) is 5.92 Å². The van der Waals surface area contributed by atoms with E-state index in [2.05, 4.69) is 31.0 Å². The molecule has 0 heterocycles. The number of amides is 1. The zero-order valence-corrected chi connectivity index (χ0v) is 11.4. The van der Waals surface area contributed by atoms with Crippen LogP contribution in [0.25, 0.3) is 0 Å². The molecule has 4 heteroatoms. The summed E-state index contributed by atoms with van der Waals surface area (Å²) in [5, 5.41) is 3.04.